The number of carbonyl (C=O) groups is 1. The lowest BCUT2D eigenvalue weighted by Crippen LogP contribution is -2.36. The van der Waals surface area contributed by atoms with E-state index in [0.717, 1.165) is 41.0 Å². The van der Waals surface area contributed by atoms with Crippen molar-refractivity contribution in [3.8, 4) is 0 Å². The van der Waals surface area contributed by atoms with E-state index in [-0.39, 0.29) is 15.6 Å². The second-order valence-corrected chi connectivity index (χ2v) is 8.99. The Morgan fingerprint density at radius 2 is 1.87 bits per heavy atom. The largest absolute Gasteiger partial charge is 0.464 e. The Morgan fingerprint density at radius 1 is 1.23 bits per heavy atom. The number of benzene rings is 2. The first-order valence-corrected chi connectivity index (χ1v) is 11.2. The predicted molar refractivity (Wildman–Crippen MR) is 110 cm³/mol. The minimum atomic E-state index is -4.92. The van der Waals surface area contributed by atoms with Gasteiger partial charge in [0.25, 0.3) is 10.0 Å². The van der Waals surface area contributed by atoms with Gasteiger partial charge >= 0.3 is 6.09 Å². The zero-order chi connectivity index (χ0) is 22.9. The molecule has 1 aromatic heterocycles. The van der Waals surface area contributed by atoms with Crippen molar-refractivity contribution >= 4 is 50.6 Å². The number of amides is 1. The van der Waals surface area contributed by atoms with E-state index >= 15 is 0 Å². The number of sulfonamides is 1. The highest BCUT2D eigenvalue weighted by Crippen LogP contribution is 2.35. The molecule has 0 saturated heterocycles. The van der Waals surface area contributed by atoms with Crippen LogP contribution in [0.5, 0.6) is 0 Å². The minimum Gasteiger partial charge on any atom is -0.464 e. The monoisotopic (exact) mass is 491 g/mol. The van der Waals surface area contributed by atoms with Crippen molar-refractivity contribution in [2.75, 3.05) is 9.62 Å². The molecule has 2 aromatic carbocycles. The van der Waals surface area contributed by atoms with Gasteiger partial charge in [0.15, 0.2) is 11.6 Å². The quantitative estimate of drug-likeness (QED) is 0.488. The van der Waals surface area contributed by atoms with Gasteiger partial charge in [-0.3, -0.25) is 0 Å². The number of nitrogens with one attached hydrogen (secondary N) is 1. The van der Waals surface area contributed by atoms with Crippen molar-refractivity contribution < 1.29 is 31.5 Å². The van der Waals surface area contributed by atoms with Gasteiger partial charge in [0, 0.05) is 10.9 Å². The van der Waals surface area contributed by atoms with E-state index < -0.39 is 55.3 Å². The first-order chi connectivity index (χ1) is 14.6. The van der Waals surface area contributed by atoms with E-state index in [4.69, 9.17) is 11.6 Å². The zero-order valence-corrected chi connectivity index (χ0v) is 17.9. The van der Waals surface area contributed by atoms with Crippen molar-refractivity contribution in [1.82, 2.24) is 4.98 Å². The highest BCUT2D eigenvalue weighted by atomic mass is 35.5. The molecular formula is C18H13ClF3N3O4S2. The number of aromatic nitrogens is 1. The second-order valence-electron chi connectivity index (χ2n) is 6.14. The third-order valence-corrected chi connectivity index (χ3v) is 6.81. The van der Waals surface area contributed by atoms with Crippen molar-refractivity contribution in [3.05, 3.63) is 69.3 Å². The Balaban J connectivity index is 1.99. The van der Waals surface area contributed by atoms with Crippen LogP contribution >= 0.6 is 22.9 Å². The number of hydrogen-bond acceptors (Lipinski definition) is 6. The van der Waals surface area contributed by atoms with E-state index in [1.165, 1.54) is 18.5 Å². The zero-order valence-electron chi connectivity index (χ0n) is 15.5. The van der Waals surface area contributed by atoms with Gasteiger partial charge in [-0.15, -0.1) is 15.6 Å². The number of anilines is 2. The summed E-state index contributed by atoms with van der Waals surface area (Å²) in [5.74, 6) is -3.54. The molecule has 3 rings (SSSR count). The molecule has 0 aliphatic heterocycles. The lowest BCUT2D eigenvalue weighted by molar-refractivity contribution is 0.206. The molecule has 0 saturated carbocycles. The summed E-state index contributed by atoms with van der Waals surface area (Å²) in [6, 6.07) is 4.15. The molecule has 1 heterocycles. The molecule has 7 nitrogen and oxygen atoms in total. The number of thiazole rings is 1. The lowest BCUT2D eigenvalue weighted by Gasteiger charge is -2.20. The molecule has 2 N–H and O–H groups in total. The van der Waals surface area contributed by atoms with Gasteiger partial charge in [-0.05, 0) is 31.2 Å². The van der Waals surface area contributed by atoms with Crippen LogP contribution < -0.4 is 9.62 Å². The summed E-state index contributed by atoms with van der Waals surface area (Å²) < 4.78 is 68.3. The molecule has 31 heavy (non-hydrogen) atoms. The first-order valence-electron chi connectivity index (χ1n) is 8.40. The molecule has 1 unspecified atom stereocenters. The summed E-state index contributed by atoms with van der Waals surface area (Å²) >= 11 is 6.90. The van der Waals surface area contributed by atoms with Crippen molar-refractivity contribution in [3.63, 3.8) is 0 Å². The summed E-state index contributed by atoms with van der Waals surface area (Å²) in [6.45, 7) is 1.40. The van der Waals surface area contributed by atoms with Crippen LogP contribution in [0.2, 0.25) is 5.02 Å². The van der Waals surface area contributed by atoms with Gasteiger partial charge in [0.1, 0.15) is 21.6 Å². The molecule has 0 aliphatic rings. The fourth-order valence-electron chi connectivity index (χ4n) is 2.80. The lowest BCUT2D eigenvalue weighted by atomic mass is 10.1. The van der Waals surface area contributed by atoms with Crippen LogP contribution in [0.1, 0.15) is 18.5 Å². The van der Waals surface area contributed by atoms with Crippen LogP contribution in [0.4, 0.5) is 29.5 Å². The fourth-order valence-corrected chi connectivity index (χ4v) is 4.98. The maximum absolute atomic E-state index is 14.9. The van der Waals surface area contributed by atoms with Crippen LogP contribution in [0.15, 0.2) is 46.1 Å². The molecule has 13 heteroatoms. The number of hydrogen-bond donors (Lipinski definition) is 2. The summed E-state index contributed by atoms with van der Waals surface area (Å²) in [5, 5.41) is 12.4. The summed E-state index contributed by atoms with van der Waals surface area (Å²) in [7, 11) is -4.92. The van der Waals surface area contributed by atoms with Crippen molar-refractivity contribution in [2.24, 2.45) is 0 Å². The SMILES string of the molecule is CC(Nc1ccc(S(=O)(=O)N(C(=O)O)c2cscn2)c(F)c1Cl)c1c(F)cccc1F. The maximum atomic E-state index is 14.9. The van der Waals surface area contributed by atoms with Gasteiger partial charge in [-0.1, -0.05) is 17.7 Å². The maximum Gasteiger partial charge on any atom is 0.427 e. The molecule has 3 aromatic rings. The van der Waals surface area contributed by atoms with E-state index in [9.17, 15) is 31.5 Å². The van der Waals surface area contributed by atoms with Crippen LogP contribution in [-0.2, 0) is 10.0 Å². The Kier molecular flexibility index (Phi) is 6.43. The highest BCUT2D eigenvalue weighted by Gasteiger charge is 2.35. The van der Waals surface area contributed by atoms with E-state index in [0.29, 0.717) is 0 Å². The molecule has 164 valence electrons. The smallest absolute Gasteiger partial charge is 0.427 e. The fraction of sp³-hybridized carbons (Fsp3) is 0.111. The van der Waals surface area contributed by atoms with Crippen LogP contribution in [0.25, 0.3) is 0 Å². The number of nitrogens with zero attached hydrogens (tertiary/aromatic N) is 2. The summed E-state index contributed by atoms with van der Waals surface area (Å²) in [6.07, 6.45) is -1.90. The molecular weight excluding hydrogens is 479 g/mol. The van der Waals surface area contributed by atoms with Crippen LogP contribution in [-0.4, -0.2) is 24.6 Å². The van der Waals surface area contributed by atoms with Gasteiger partial charge in [-0.25, -0.2) is 31.4 Å². The van der Waals surface area contributed by atoms with Crippen molar-refractivity contribution in [2.45, 2.75) is 17.9 Å². The molecule has 0 radical (unpaired) electrons. The molecule has 0 bridgehead atoms. The van der Waals surface area contributed by atoms with Gasteiger partial charge in [0.05, 0.1) is 17.2 Å². The summed E-state index contributed by atoms with van der Waals surface area (Å²) in [4.78, 5) is 14.1. The van der Waals surface area contributed by atoms with Gasteiger partial charge in [-0.2, -0.15) is 0 Å². The van der Waals surface area contributed by atoms with Crippen LogP contribution in [0.3, 0.4) is 0 Å². The molecule has 1 amide bonds. The second kappa shape index (κ2) is 8.73. The van der Waals surface area contributed by atoms with Crippen LogP contribution in [0, 0.1) is 17.5 Å². The Bertz CT molecular complexity index is 1220. The number of halogens is 4. The number of carboxylic acid groups (broad SMARTS) is 1. The van der Waals surface area contributed by atoms with Gasteiger partial charge in [0.2, 0.25) is 0 Å². The average Bonchev–Trinajstić information content (AvgIpc) is 3.18. The molecule has 0 fully saturated rings. The Labute approximate surface area is 183 Å². The van der Waals surface area contributed by atoms with E-state index in [1.54, 1.807) is 0 Å². The molecule has 0 aliphatic carbocycles. The van der Waals surface area contributed by atoms with Crippen molar-refractivity contribution in [1.29, 1.82) is 0 Å². The topological polar surface area (TPSA) is 99.6 Å². The highest BCUT2D eigenvalue weighted by molar-refractivity contribution is 7.93. The predicted octanol–water partition coefficient (Wildman–Crippen LogP) is 5.26. The van der Waals surface area contributed by atoms with E-state index in [2.05, 4.69) is 10.3 Å². The Morgan fingerprint density at radius 3 is 2.42 bits per heavy atom. The normalized spacial score (nSPS) is 12.4. The summed E-state index contributed by atoms with van der Waals surface area (Å²) in [5.41, 5.74) is 0.737. The molecule has 1 atom stereocenters. The standard InChI is InChI=1S/C18H13ClF3N3O4S2/c1-9(15-10(20)3-2-4-11(15)21)24-12-5-6-13(17(22)16(12)19)31(28,29)25(18(26)27)14-7-30-8-23-14/h2-9,24H,1H3,(H,26,27). The first kappa shape index (κ1) is 22.8. The third-order valence-electron chi connectivity index (χ3n) is 4.17. The third kappa shape index (κ3) is 4.31. The van der Waals surface area contributed by atoms with E-state index in [1.807, 2.05) is 0 Å². The Hall–Kier alpha value is -2.83. The average molecular weight is 492 g/mol. The van der Waals surface area contributed by atoms with Gasteiger partial charge < -0.3 is 10.4 Å². The number of rotatable bonds is 6. The minimum absolute atomic E-state index is 0.0807. The molecule has 0 spiro atoms.